The fraction of sp³-hybridized carbons (Fsp3) is 0.938. The molecule has 0 radical (unpaired) electrons. The predicted molar refractivity (Wildman–Crippen MR) is 78.4 cm³/mol. The Morgan fingerprint density at radius 2 is 1.80 bits per heavy atom. The molecule has 2 saturated heterocycles. The summed E-state index contributed by atoms with van der Waals surface area (Å²) in [6, 6.07) is 0. The molecule has 1 spiro atoms. The van der Waals surface area contributed by atoms with Gasteiger partial charge in [-0.1, -0.05) is 0 Å². The predicted octanol–water partition coefficient (Wildman–Crippen LogP) is 0.930. The zero-order valence-corrected chi connectivity index (χ0v) is 12.4. The molecule has 2 aliphatic carbocycles. The minimum Gasteiger partial charge on any atom is -0.340 e. The molecule has 4 heteroatoms. The number of carbonyl (C=O) groups is 1. The van der Waals surface area contributed by atoms with E-state index in [1.54, 1.807) is 0 Å². The highest BCUT2D eigenvalue weighted by molar-refractivity contribution is 5.82. The standard InChI is InChI=1S/C16H27N3O/c20-15(14-11-16(14)3-5-17-6-4-16)19-9-7-18(8-10-19)12-13-1-2-13/h13-14,17H,1-12H2. The maximum absolute atomic E-state index is 12.7. The van der Waals surface area contributed by atoms with E-state index in [4.69, 9.17) is 0 Å². The van der Waals surface area contributed by atoms with E-state index >= 15 is 0 Å². The van der Waals surface area contributed by atoms with E-state index in [9.17, 15) is 4.79 Å². The second kappa shape index (κ2) is 4.99. The fourth-order valence-electron chi connectivity index (χ4n) is 4.21. The van der Waals surface area contributed by atoms with Gasteiger partial charge in [-0.2, -0.15) is 0 Å². The third-order valence-corrected chi connectivity index (χ3v) is 5.98. The molecule has 2 saturated carbocycles. The van der Waals surface area contributed by atoms with Crippen LogP contribution in [0.3, 0.4) is 0 Å². The Kier molecular flexibility index (Phi) is 3.26. The van der Waals surface area contributed by atoms with Crippen molar-refractivity contribution in [2.45, 2.75) is 32.1 Å². The number of piperazine rings is 1. The summed E-state index contributed by atoms with van der Waals surface area (Å²) < 4.78 is 0. The molecule has 0 aromatic rings. The van der Waals surface area contributed by atoms with Gasteiger partial charge in [-0.05, 0) is 56.5 Å². The maximum atomic E-state index is 12.7. The van der Waals surface area contributed by atoms with E-state index in [-0.39, 0.29) is 0 Å². The van der Waals surface area contributed by atoms with E-state index in [0.29, 0.717) is 17.2 Å². The SMILES string of the molecule is O=C(C1CC12CCNCC2)N1CCN(CC2CC2)CC1. The van der Waals surface area contributed by atoms with Crippen LogP contribution in [0.4, 0.5) is 0 Å². The van der Waals surface area contributed by atoms with Gasteiger partial charge in [0.05, 0.1) is 0 Å². The molecule has 1 N–H and O–H groups in total. The molecule has 0 aromatic carbocycles. The molecule has 20 heavy (non-hydrogen) atoms. The van der Waals surface area contributed by atoms with Crippen LogP contribution in [0.1, 0.15) is 32.1 Å². The lowest BCUT2D eigenvalue weighted by molar-refractivity contribution is -0.135. The highest BCUT2D eigenvalue weighted by Crippen LogP contribution is 2.59. The first-order chi connectivity index (χ1) is 9.77. The molecule has 4 nitrogen and oxygen atoms in total. The number of piperidine rings is 1. The van der Waals surface area contributed by atoms with Crippen LogP contribution < -0.4 is 5.32 Å². The van der Waals surface area contributed by atoms with E-state index < -0.39 is 0 Å². The van der Waals surface area contributed by atoms with Gasteiger partial charge in [0.15, 0.2) is 0 Å². The van der Waals surface area contributed by atoms with E-state index in [0.717, 1.165) is 51.6 Å². The summed E-state index contributed by atoms with van der Waals surface area (Å²) in [7, 11) is 0. The van der Waals surface area contributed by atoms with Crippen molar-refractivity contribution in [3.8, 4) is 0 Å². The molecule has 2 heterocycles. The minimum atomic E-state index is 0.361. The Hall–Kier alpha value is -0.610. The Morgan fingerprint density at radius 3 is 2.45 bits per heavy atom. The molecule has 1 unspecified atom stereocenters. The maximum Gasteiger partial charge on any atom is 0.226 e. The van der Waals surface area contributed by atoms with Crippen LogP contribution in [-0.2, 0) is 4.79 Å². The van der Waals surface area contributed by atoms with Gasteiger partial charge in [-0.15, -0.1) is 0 Å². The average molecular weight is 277 g/mol. The fourth-order valence-corrected chi connectivity index (χ4v) is 4.21. The van der Waals surface area contributed by atoms with Crippen molar-refractivity contribution in [3.63, 3.8) is 0 Å². The van der Waals surface area contributed by atoms with Gasteiger partial charge >= 0.3 is 0 Å². The molecular weight excluding hydrogens is 250 g/mol. The van der Waals surface area contributed by atoms with Crippen molar-refractivity contribution in [1.82, 2.24) is 15.1 Å². The first-order valence-electron chi connectivity index (χ1n) is 8.49. The van der Waals surface area contributed by atoms with Gasteiger partial charge < -0.3 is 10.2 Å². The summed E-state index contributed by atoms with van der Waals surface area (Å²) in [6.45, 7) is 7.64. The quantitative estimate of drug-likeness (QED) is 0.833. The van der Waals surface area contributed by atoms with Crippen molar-refractivity contribution in [3.05, 3.63) is 0 Å². The summed E-state index contributed by atoms with van der Waals surface area (Å²) in [4.78, 5) is 17.4. The Labute approximate surface area is 121 Å². The summed E-state index contributed by atoms with van der Waals surface area (Å²) >= 11 is 0. The first kappa shape index (κ1) is 13.1. The van der Waals surface area contributed by atoms with Crippen LogP contribution in [0.2, 0.25) is 0 Å². The number of nitrogens with one attached hydrogen (secondary N) is 1. The van der Waals surface area contributed by atoms with E-state index in [2.05, 4.69) is 15.1 Å². The van der Waals surface area contributed by atoms with Crippen molar-refractivity contribution in [2.24, 2.45) is 17.3 Å². The van der Waals surface area contributed by atoms with Gasteiger partial charge in [0.1, 0.15) is 0 Å². The Balaban J connectivity index is 1.27. The molecular formula is C16H27N3O. The lowest BCUT2D eigenvalue weighted by Crippen LogP contribution is -2.50. The summed E-state index contributed by atoms with van der Waals surface area (Å²) in [5.41, 5.74) is 0.396. The first-order valence-corrected chi connectivity index (χ1v) is 8.49. The number of amides is 1. The number of nitrogens with zero attached hydrogens (tertiary/aromatic N) is 2. The normalized spacial score (nSPS) is 33.4. The lowest BCUT2D eigenvalue weighted by atomic mass is 9.91. The topological polar surface area (TPSA) is 35.6 Å². The van der Waals surface area contributed by atoms with Crippen LogP contribution >= 0.6 is 0 Å². The molecule has 1 amide bonds. The molecule has 4 fully saturated rings. The third kappa shape index (κ3) is 2.48. The van der Waals surface area contributed by atoms with Crippen LogP contribution in [-0.4, -0.2) is 61.5 Å². The van der Waals surface area contributed by atoms with Crippen molar-refractivity contribution in [1.29, 1.82) is 0 Å². The second-order valence-electron chi connectivity index (χ2n) is 7.44. The molecule has 4 aliphatic rings. The average Bonchev–Trinajstić information content (AvgIpc) is 3.39. The Morgan fingerprint density at radius 1 is 1.10 bits per heavy atom. The summed E-state index contributed by atoms with van der Waals surface area (Å²) in [5.74, 6) is 1.80. The van der Waals surface area contributed by atoms with Crippen molar-refractivity contribution in [2.75, 3.05) is 45.8 Å². The summed E-state index contributed by atoms with van der Waals surface area (Å²) in [5, 5.41) is 3.42. The van der Waals surface area contributed by atoms with Gasteiger partial charge in [-0.3, -0.25) is 9.69 Å². The van der Waals surface area contributed by atoms with Crippen molar-refractivity contribution >= 4 is 5.91 Å². The molecule has 0 aromatic heterocycles. The smallest absolute Gasteiger partial charge is 0.226 e. The van der Waals surface area contributed by atoms with E-state index in [1.807, 2.05) is 0 Å². The highest BCUT2D eigenvalue weighted by atomic mass is 16.2. The monoisotopic (exact) mass is 277 g/mol. The Bertz CT molecular complexity index is 379. The number of carbonyl (C=O) groups excluding carboxylic acids is 1. The zero-order chi connectivity index (χ0) is 13.6. The minimum absolute atomic E-state index is 0.361. The van der Waals surface area contributed by atoms with Gasteiger partial charge in [0.2, 0.25) is 5.91 Å². The van der Waals surface area contributed by atoms with Crippen LogP contribution in [0.25, 0.3) is 0 Å². The summed E-state index contributed by atoms with van der Waals surface area (Å²) in [6.07, 6.45) is 6.45. The largest absolute Gasteiger partial charge is 0.340 e. The molecule has 112 valence electrons. The van der Waals surface area contributed by atoms with Crippen molar-refractivity contribution < 1.29 is 4.79 Å². The van der Waals surface area contributed by atoms with Gasteiger partial charge in [-0.25, -0.2) is 0 Å². The number of hydrogen-bond donors (Lipinski definition) is 1. The number of hydrogen-bond acceptors (Lipinski definition) is 3. The number of rotatable bonds is 3. The molecule has 0 bridgehead atoms. The second-order valence-corrected chi connectivity index (χ2v) is 7.44. The lowest BCUT2D eigenvalue weighted by Gasteiger charge is -2.35. The van der Waals surface area contributed by atoms with Crippen LogP contribution in [0, 0.1) is 17.3 Å². The molecule has 2 aliphatic heterocycles. The zero-order valence-electron chi connectivity index (χ0n) is 12.4. The van der Waals surface area contributed by atoms with Crippen LogP contribution in [0.5, 0.6) is 0 Å². The van der Waals surface area contributed by atoms with Crippen LogP contribution in [0.15, 0.2) is 0 Å². The molecule has 4 rings (SSSR count). The van der Waals surface area contributed by atoms with E-state index in [1.165, 1.54) is 32.2 Å². The van der Waals surface area contributed by atoms with Gasteiger partial charge in [0, 0.05) is 38.6 Å². The molecule has 1 atom stereocenters. The van der Waals surface area contributed by atoms with Gasteiger partial charge in [0.25, 0.3) is 0 Å². The third-order valence-electron chi connectivity index (χ3n) is 5.98. The highest BCUT2D eigenvalue weighted by Gasteiger charge is 2.58.